The standard InChI is InChI=1S/C27H22ClN3/c1-2-30-26-15-13-20(17-24(26)25-18-21(28)14-16-27(25)30)19-29-31(22-9-5-3-6-10-22)23-11-7-4-8-12-23/h3-19H,2H2,1H3. The molecule has 0 atom stereocenters. The van der Waals surface area contributed by atoms with Crippen LogP contribution in [0.15, 0.2) is 102 Å². The Labute approximate surface area is 186 Å². The summed E-state index contributed by atoms with van der Waals surface area (Å²) in [5.41, 5.74) is 5.48. The van der Waals surface area contributed by atoms with Crippen LogP contribution in [0.4, 0.5) is 11.4 Å². The fraction of sp³-hybridized carbons (Fsp3) is 0.0741. The van der Waals surface area contributed by atoms with Gasteiger partial charge < -0.3 is 4.57 Å². The minimum absolute atomic E-state index is 0.751. The minimum atomic E-state index is 0.751. The fourth-order valence-corrected chi connectivity index (χ4v) is 4.23. The van der Waals surface area contributed by atoms with Crippen molar-refractivity contribution >= 4 is 51.0 Å². The summed E-state index contributed by atoms with van der Waals surface area (Å²) < 4.78 is 2.32. The molecule has 4 aromatic carbocycles. The maximum atomic E-state index is 6.31. The molecule has 0 aliphatic heterocycles. The van der Waals surface area contributed by atoms with E-state index in [1.54, 1.807) is 0 Å². The van der Waals surface area contributed by atoms with Gasteiger partial charge in [-0.25, -0.2) is 5.01 Å². The molecule has 0 amide bonds. The summed E-state index contributed by atoms with van der Waals surface area (Å²) in [6, 6.07) is 32.9. The molecule has 5 rings (SSSR count). The van der Waals surface area contributed by atoms with E-state index in [1.807, 2.05) is 59.8 Å². The number of hydrogen-bond donors (Lipinski definition) is 0. The third-order valence-electron chi connectivity index (χ3n) is 5.49. The molecule has 1 aromatic heterocycles. The zero-order valence-electron chi connectivity index (χ0n) is 17.2. The molecule has 0 aliphatic carbocycles. The predicted molar refractivity (Wildman–Crippen MR) is 133 cm³/mol. The first-order valence-corrected chi connectivity index (χ1v) is 10.8. The van der Waals surface area contributed by atoms with E-state index >= 15 is 0 Å². The van der Waals surface area contributed by atoms with Gasteiger partial charge in [0.15, 0.2) is 0 Å². The second-order valence-corrected chi connectivity index (χ2v) is 7.85. The lowest BCUT2D eigenvalue weighted by atomic mass is 10.1. The molecular weight excluding hydrogens is 402 g/mol. The first-order chi connectivity index (χ1) is 15.2. The first kappa shape index (κ1) is 19.4. The molecule has 0 unspecified atom stereocenters. The molecule has 0 fully saturated rings. The number of aromatic nitrogens is 1. The van der Waals surface area contributed by atoms with E-state index in [2.05, 4.69) is 60.0 Å². The normalized spacial score (nSPS) is 11.5. The highest BCUT2D eigenvalue weighted by Gasteiger charge is 2.11. The van der Waals surface area contributed by atoms with Crippen molar-refractivity contribution < 1.29 is 0 Å². The number of hydrazone groups is 1. The summed E-state index contributed by atoms with van der Waals surface area (Å²) >= 11 is 6.31. The number of aryl methyl sites for hydroxylation is 1. The zero-order chi connectivity index (χ0) is 21.2. The number of hydrogen-bond acceptors (Lipinski definition) is 2. The zero-order valence-corrected chi connectivity index (χ0v) is 18.0. The van der Waals surface area contributed by atoms with Gasteiger partial charge in [0.25, 0.3) is 0 Å². The van der Waals surface area contributed by atoms with Gasteiger partial charge in [0.05, 0.1) is 17.6 Å². The lowest BCUT2D eigenvalue weighted by molar-refractivity contribution is 0.827. The van der Waals surface area contributed by atoms with Crippen LogP contribution in [0.1, 0.15) is 12.5 Å². The largest absolute Gasteiger partial charge is 0.341 e. The van der Waals surface area contributed by atoms with Gasteiger partial charge in [0.1, 0.15) is 0 Å². The van der Waals surface area contributed by atoms with Crippen LogP contribution in [-0.4, -0.2) is 10.8 Å². The smallest absolute Gasteiger partial charge is 0.0652 e. The van der Waals surface area contributed by atoms with Crippen LogP contribution in [0.25, 0.3) is 21.8 Å². The molecule has 1 heterocycles. The van der Waals surface area contributed by atoms with E-state index in [0.717, 1.165) is 28.5 Å². The van der Waals surface area contributed by atoms with E-state index in [0.29, 0.717) is 0 Å². The topological polar surface area (TPSA) is 20.5 Å². The van der Waals surface area contributed by atoms with Crippen LogP contribution in [0, 0.1) is 0 Å². The molecule has 152 valence electrons. The van der Waals surface area contributed by atoms with E-state index in [4.69, 9.17) is 16.7 Å². The van der Waals surface area contributed by atoms with Crippen LogP contribution >= 0.6 is 11.6 Å². The second-order valence-electron chi connectivity index (χ2n) is 7.41. The Kier molecular flexibility index (Phi) is 5.19. The van der Waals surface area contributed by atoms with Crippen molar-refractivity contribution in [3.8, 4) is 0 Å². The van der Waals surface area contributed by atoms with E-state index in [9.17, 15) is 0 Å². The lowest BCUT2D eigenvalue weighted by Crippen LogP contribution is -2.09. The summed E-state index contributed by atoms with van der Waals surface area (Å²) in [5, 5.41) is 9.91. The molecule has 0 N–H and O–H groups in total. The SMILES string of the molecule is CCn1c2ccc(Cl)cc2c2cc(C=NN(c3ccccc3)c3ccccc3)ccc21. The summed E-state index contributed by atoms with van der Waals surface area (Å²) in [5.74, 6) is 0. The molecule has 5 aromatic rings. The van der Waals surface area contributed by atoms with Gasteiger partial charge in [-0.1, -0.05) is 54.1 Å². The molecular formula is C27H22ClN3. The first-order valence-electron chi connectivity index (χ1n) is 10.4. The number of benzene rings is 4. The van der Waals surface area contributed by atoms with Gasteiger partial charge >= 0.3 is 0 Å². The summed E-state index contributed by atoms with van der Waals surface area (Å²) in [6.45, 7) is 3.07. The highest BCUT2D eigenvalue weighted by atomic mass is 35.5. The van der Waals surface area contributed by atoms with E-state index < -0.39 is 0 Å². The Balaban J connectivity index is 1.60. The quantitative estimate of drug-likeness (QED) is 0.210. The monoisotopic (exact) mass is 423 g/mol. The van der Waals surface area contributed by atoms with Gasteiger partial charge in [-0.05, 0) is 67.1 Å². The van der Waals surface area contributed by atoms with Crippen molar-refractivity contribution in [3.05, 3.63) is 108 Å². The number of anilines is 2. The predicted octanol–water partition coefficient (Wildman–Crippen LogP) is 7.64. The van der Waals surface area contributed by atoms with Crippen molar-refractivity contribution in [2.75, 3.05) is 5.01 Å². The number of para-hydroxylation sites is 2. The van der Waals surface area contributed by atoms with Gasteiger partial charge in [-0.3, -0.25) is 0 Å². The van der Waals surface area contributed by atoms with Crippen molar-refractivity contribution in [1.29, 1.82) is 0 Å². The Morgan fingerprint density at radius 1 is 0.774 bits per heavy atom. The van der Waals surface area contributed by atoms with Gasteiger partial charge in [-0.15, -0.1) is 0 Å². The molecule has 0 saturated carbocycles. The van der Waals surface area contributed by atoms with Crippen LogP contribution in [-0.2, 0) is 6.54 Å². The third-order valence-corrected chi connectivity index (χ3v) is 5.73. The number of rotatable bonds is 5. The van der Waals surface area contributed by atoms with Crippen LogP contribution in [0.5, 0.6) is 0 Å². The highest BCUT2D eigenvalue weighted by molar-refractivity contribution is 6.31. The van der Waals surface area contributed by atoms with Crippen molar-refractivity contribution in [3.63, 3.8) is 0 Å². The third kappa shape index (κ3) is 3.69. The fourth-order valence-electron chi connectivity index (χ4n) is 4.06. The number of nitrogens with zero attached hydrogens (tertiary/aromatic N) is 3. The van der Waals surface area contributed by atoms with Gasteiger partial charge in [0.2, 0.25) is 0 Å². The van der Waals surface area contributed by atoms with Crippen molar-refractivity contribution in [2.45, 2.75) is 13.5 Å². The van der Waals surface area contributed by atoms with Crippen molar-refractivity contribution in [2.24, 2.45) is 5.10 Å². The Hall–Kier alpha value is -3.56. The maximum absolute atomic E-state index is 6.31. The van der Waals surface area contributed by atoms with Gasteiger partial charge in [-0.2, -0.15) is 5.10 Å². The molecule has 4 heteroatoms. The Bertz CT molecular complexity index is 1330. The summed E-state index contributed by atoms with van der Waals surface area (Å²) in [7, 11) is 0. The van der Waals surface area contributed by atoms with Crippen LogP contribution < -0.4 is 5.01 Å². The summed E-state index contributed by atoms with van der Waals surface area (Å²) in [4.78, 5) is 0. The molecule has 3 nitrogen and oxygen atoms in total. The van der Waals surface area contributed by atoms with Crippen LogP contribution in [0.2, 0.25) is 5.02 Å². The lowest BCUT2D eigenvalue weighted by Gasteiger charge is -2.19. The molecule has 0 radical (unpaired) electrons. The second kappa shape index (κ2) is 8.29. The van der Waals surface area contributed by atoms with Gasteiger partial charge in [0, 0.05) is 33.4 Å². The number of halogens is 1. The minimum Gasteiger partial charge on any atom is -0.341 e. The Morgan fingerprint density at radius 2 is 1.35 bits per heavy atom. The Morgan fingerprint density at radius 3 is 1.97 bits per heavy atom. The average Bonchev–Trinajstić information content (AvgIpc) is 3.13. The van der Waals surface area contributed by atoms with Crippen molar-refractivity contribution in [1.82, 2.24) is 4.57 Å². The van der Waals surface area contributed by atoms with E-state index in [-0.39, 0.29) is 0 Å². The molecule has 0 spiro atoms. The summed E-state index contributed by atoms with van der Waals surface area (Å²) in [6.07, 6.45) is 1.92. The maximum Gasteiger partial charge on any atom is 0.0652 e. The average molecular weight is 424 g/mol. The highest BCUT2D eigenvalue weighted by Crippen LogP contribution is 2.32. The van der Waals surface area contributed by atoms with E-state index in [1.165, 1.54) is 21.8 Å². The molecule has 0 saturated heterocycles. The molecule has 0 aliphatic rings. The molecule has 31 heavy (non-hydrogen) atoms. The van der Waals surface area contributed by atoms with Crippen LogP contribution in [0.3, 0.4) is 0 Å². The molecule has 0 bridgehead atoms. The number of fused-ring (bicyclic) bond motifs is 3.